The summed E-state index contributed by atoms with van der Waals surface area (Å²) >= 11 is 1.20. The standard InChI is InChI=1S/C23H24NO5PS/c1-31-17-21(30(27,28)29)23(22(25)26,18-11-5-2-6-12-18)24(19-13-7-3-8-14-19)20-15-9-4-10-16-20/h2-16,21H,17H2,1H3,(H,25,26)(H2,27,28,29). The number of carboxylic acids is 1. The van der Waals surface area contributed by atoms with Gasteiger partial charge < -0.3 is 19.8 Å². The maximum atomic E-state index is 13.2. The zero-order valence-corrected chi connectivity index (χ0v) is 18.6. The van der Waals surface area contributed by atoms with Gasteiger partial charge in [-0.3, -0.25) is 4.57 Å². The zero-order chi connectivity index (χ0) is 22.5. The fraction of sp³-hybridized carbons (Fsp3) is 0.174. The number of rotatable bonds is 9. The topological polar surface area (TPSA) is 98.1 Å². The molecule has 162 valence electrons. The average Bonchev–Trinajstić information content (AvgIpc) is 2.77. The molecule has 0 aromatic heterocycles. The number of benzene rings is 3. The first-order valence-electron chi connectivity index (χ1n) is 9.57. The van der Waals surface area contributed by atoms with Gasteiger partial charge in [0.1, 0.15) is 5.66 Å². The van der Waals surface area contributed by atoms with Gasteiger partial charge in [0.15, 0.2) is 5.54 Å². The van der Waals surface area contributed by atoms with E-state index < -0.39 is 24.8 Å². The Morgan fingerprint density at radius 1 is 0.903 bits per heavy atom. The number of thioether (sulfide) groups is 1. The Morgan fingerprint density at radius 2 is 1.32 bits per heavy atom. The smallest absolute Gasteiger partial charge is 0.335 e. The molecule has 0 aliphatic rings. The van der Waals surface area contributed by atoms with E-state index in [1.807, 2.05) is 0 Å². The second-order valence-corrected chi connectivity index (χ2v) is 9.72. The molecule has 0 aliphatic carbocycles. The van der Waals surface area contributed by atoms with Gasteiger partial charge in [0, 0.05) is 17.1 Å². The van der Waals surface area contributed by atoms with Crippen LogP contribution in [0.15, 0.2) is 91.0 Å². The molecular formula is C23H24NO5PS. The van der Waals surface area contributed by atoms with Crippen LogP contribution in [0.3, 0.4) is 0 Å². The second kappa shape index (κ2) is 9.71. The number of hydrogen-bond acceptors (Lipinski definition) is 4. The molecule has 0 saturated heterocycles. The number of anilines is 2. The molecule has 31 heavy (non-hydrogen) atoms. The lowest BCUT2D eigenvalue weighted by Gasteiger charge is -2.47. The van der Waals surface area contributed by atoms with E-state index in [0.29, 0.717) is 11.4 Å². The van der Waals surface area contributed by atoms with Crippen LogP contribution in [0, 0.1) is 0 Å². The summed E-state index contributed by atoms with van der Waals surface area (Å²) in [4.78, 5) is 35.5. The largest absolute Gasteiger partial charge is 0.479 e. The van der Waals surface area contributed by atoms with E-state index in [2.05, 4.69) is 0 Å². The molecule has 0 spiro atoms. The van der Waals surface area contributed by atoms with Crippen molar-refractivity contribution in [2.45, 2.75) is 11.2 Å². The van der Waals surface area contributed by atoms with Crippen molar-refractivity contribution in [1.29, 1.82) is 0 Å². The Labute approximate surface area is 185 Å². The number of carbonyl (C=O) groups is 1. The summed E-state index contributed by atoms with van der Waals surface area (Å²) in [6.45, 7) is 0. The van der Waals surface area contributed by atoms with E-state index in [0.717, 1.165) is 0 Å². The van der Waals surface area contributed by atoms with Crippen molar-refractivity contribution >= 4 is 36.7 Å². The molecule has 2 unspecified atom stereocenters. The highest BCUT2D eigenvalue weighted by Crippen LogP contribution is 2.56. The van der Waals surface area contributed by atoms with Crippen molar-refractivity contribution in [2.24, 2.45) is 0 Å². The Bertz CT molecular complexity index is 1010. The quantitative estimate of drug-likeness (QED) is 0.400. The summed E-state index contributed by atoms with van der Waals surface area (Å²) in [6, 6.07) is 26.0. The van der Waals surface area contributed by atoms with Crippen LogP contribution in [0.5, 0.6) is 0 Å². The normalized spacial score (nSPS) is 14.4. The first-order valence-corrected chi connectivity index (χ1v) is 12.6. The van der Waals surface area contributed by atoms with Gasteiger partial charge in [0.25, 0.3) is 0 Å². The Hall–Kier alpha value is -2.57. The lowest BCUT2D eigenvalue weighted by atomic mass is 9.83. The first-order chi connectivity index (χ1) is 14.8. The predicted octanol–water partition coefficient (Wildman–Crippen LogP) is 4.71. The highest BCUT2D eigenvalue weighted by atomic mass is 32.2. The maximum absolute atomic E-state index is 13.2. The number of carboxylic acid groups (broad SMARTS) is 1. The number of nitrogens with zero attached hydrogens (tertiary/aromatic N) is 1. The summed E-state index contributed by atoms with van der Waals surface area (Å²) in [7, 11) is -4.87. The van der Waals surface area contributed by atoms with Gasteiger partial charge in [-0.2, -0.15) is 11.8 Å². The molecule has 6 nitrogen and oxygen atoms in total. The third-order valence-electron chi connectivity index (χ3n) is 5.13. The van der Waals surface area contributed by atoms with Crippen molar-refractivity contribution in [1.82, 2.24) is 0 Å². The van der Waals surface area contributed by atoms with E-state index in [-0.39, 0.29) is 11.3 Å². The number of aliphatic carboxylic acids is 1. The Kier molecular flexibility index (Phi) is 7.23. The lowest BCUT2D eigenvalue weighted by molar-refractivity contribution is -0.143. The molecule has 0 fully saturated rings. The molecule has 0 heterocycles. The molecule has 8 heteroatoms. The molecule has 3 aromatic rings. The van der Waals surface area contributed by atoms with Crippen LogP contribution < -0.4 is 4.90 Å². The number of para-hydroxylation sites is 2. The molecular weight excluding hydrogens is 433 g/mol. The minimum atomic E-state index is -4.87. The molecule has 0 radical (unpaired) electrons. The van der Waals surface area contributed by atoms with Crippen molar-refractivity contribution < 1.29 is 24.3 Å². The van der Waals surface area contributed by atoms with E-state index in [9.17, 15) is 24.3 Å². The van der Waals surface area contributed by atoms with Crippen LogP contribution in [0.1, 0.15) is 5.56 Å². The van der Waals surface area contributed by atoms with Gasteiger partial charge in [-0.1, -0.05) is 66.7 Å². The van der Waals surface area contributed by atoms with Crippen molar-refractivity contribution in [3.8, 4) is 0 Å². The Balaban J connectivity index is 2.47. The van der Waals surface area contributed by atoms with E-state index in [1.165, 1.54) is 16.7 Å². The van der Waals surface area contributed by atoms with Crippen LogP contribution in [-0.2, 0) is 14.9 Å². The summed E-state index contributed by atoms with van der Waals surface area (Å²) in [5.41, 5.74) is -2.27. The summed E-state index contributed by atoms with van der Waals surface area (Å²) in [5, 5.41) is 10.7. The zero-order valence-electron chi connectivity index (χ0n) is 16.9. The molecule has 3 N–H and O–H groups in total. The summed E-state index contributed by atoms with van der Waals surface area (Å²) in [6.07, 6.45) is 1.70. The molecule has 3 aromatic carbocycles. The van der Waals surface area contributed by atoms with Crippen LogP contribution in [0.2, 0.25) is 0 Å². The van der Waals surface area contributed by atoms with Gasteiger partial charge in [-0.25, -0.2) is 4.79 Å². The fourth-order valence-corrected chi connectivity index (χ4v) is 6.50. The van der Waals surface area contributed by atoms with E-state index in [4.69, 9.17) is 0 Å². The van der Waals surface area contributed by atoms with Gasteiger partial charge in [-0.15, -0.1) is 0 Å². The van der Waals surface area contributed by atoms with E-state index in [1.54, 1.807) is 97.3 Å². The van der Waals surface area contributed by atoms with Crippen LogP contribution in [0.25, 0.3) is 0 Å². The molecule has 3 rings (SSSR count). The summed E-state index contributed by atoms with van der Waals surface area (Å²) < 4.78 is 12.8. The van der Waals surface area contributed by atoms with Crippen LogP contribution >= 0.6 is 19.4 Å². The van der Waals surface area contributed by atoms with Crippen LogP contribution in [0.4, 0.5) is 11.4 Å². The highest BCUT2D eigenvalue weighted by molar-refractivity contribution is 7.98. The third-order valence-corrected chi connectivity index (χ3v) is 7.42. The second-order valence-electron chi connectivity index (χ2n) is 7.00. The molecule has 0 aliphatic heterocycles. The minimum absolute atomic E-state index is 0.0539. The summed E-state index contributed by atoms with van der Waals surface area (Å²) in [5.74, 6) is -1.39. The predicted molar refractivity (Wildman–Crippen MR) is 125 cm³/mol. The maximum Gasteiger partial charge on any atom is 0.335 e. The SMILES string of the molecule is CSCC(C(C(=O)O)(c1ccccc1)N(c1ccccc1)c1ccccc1)P(=O)(O)O. The van der Waals surface area contributed by atoms with Gasteiger partial charge in [0.05, 0.1) is 0 Å². The molecule has 2 atom stereocenters. The van der Waals surface area contributed by atoms with Gasteiger partial charge in [-0.05, 0) is 36.1 Å². The average molecular weight is 457 g/mol. The first kappa shape index (κ1) is 23.1. The van der Waals surface area contributed by atoms with Crippen molar-refractivity contribution in [3.05, 3.63) is 96.6 Å². The minimum Gasteiger partial charge on any atom is -0.479 e. The van der Waals surface area contributed by atoms with Crippen molar-refractivity contribution in [3.63, 3.8) is 0 Å². The Morgan fingerprint density at radius 3 is 1.68 bits per heavy atom. The van der Waals surface area contributed by atoms with Gasteiger partial charge in [0.2, 0.25) is 0 Å². The lowest BCUT2D eigenvalue weighted by Crippen LogP contribution is -2.58. The molecule has 0 amide bonds. The molecule has 0 saturated carbocycles. The number of hydrogen-bond donors (Lipinski definition) is 3. The van der Waals surface area contributed by atoms with Crippen molar-refractivity contribution in [2.75, 3.05) is 16.9 Å². The van der Waals surface area contributed by atoms with Gasteiger partial charge >= 0.3 is 13.6 Å². The molecule has 0 bridgehead atoms. The van der Waals surface area contributed by atoms with Crippen LogP contribution in [-0.4, -0.2) is 38.5 Å². The fourth-order valence-electron chi connectivity index (χ4n) is 3.85. The highest BCUT2D eigenvalue weighted by Gasteiger charge is 2.59. The monoisotopic (exact) mass is 457 g/mol. The van der Waals surface area contributed by atoms with E-state index >= 15 is 0 Å². The third kappa shape index (κ3) is 4.55.